The van der Waals surface area contributed by atoms with E-state index in [1.54, 1.807) is 0 Å². The van der Waals surface area contributed by atoms with E-state index in [2.05, 4.69) is 228 Å². The molecule has 0 aliphatic rings. The molecule has 2 heterocycles. The van der Waals surface area contributed by atoms with E-state index in [0.29, 0.717) is 0 Å². The summed E-state index contributed by atoms with van der Waals surface area (Å²) in [5.41, 5.74) is 15.4. The third-order valence-corrected chi connectivity index (χ3v) is 12.2. The van der Waals surface area contributed by atoms with Crippen molar-refractivity contribution in [3.05, 3.63) is 231 Å². The Hall–Kier alpha value is -8.14. The van der Waals surface area contributed by atoms with Crippen molar-refractivity contribution in [2.24, 2.45) is 0 Å². The van der Waals surface area contributed by atoms with Crippen LogP contribution in [0.25, 0.3) is 93.6 Å². The first-order valence-corrected chi connectivity index (χ1v) is 20.9. The lowest BCUT2D eigenvalue weighted by molar-refractivity contribution is 0.670. The molecule has 0 fully saturated rings. The Balaban J connectivity index is 1.05. The molecule has 3 nitrogen and oxygen atoms in total. The second-order valence-corrected chi connectivity index (χ2v) is 15.6. The quantitative estimate of drug-likeness (QED) is 0.161. The largest absolute Gasteiger partial charge is 0.455 e. The number of hydrogen-bond acceptors (Lipinski definition) is 2. The first-order chi connectivity index (χ1) is 30.3. The minimum absolute atomic E-state index is 0.901. The van der Waals surface area contributed by atoms with Crippen LogP contribution in [0.3, 0.4) is 0 Å². The van der Waals surface area contributed by atoms with Crippen molar-refractivity contribution < 1.29 is 4.42 Å². The van der Waals surface area contributed by atoms with Gasteiger partial charge in [-0.3, -0.25) is 0 Å². The van der Waals surface area contributed by atoms with E-state index in [1.165, 1.54) is 43.7 Å². The molecule has 0 N–H and O–H groups in total. The molecule has 0 amide bonds. The molecule has 0 aliphatic carbocycles. The van der Waals surface area contributed by atoms with Crippen LogP contribution < -0.4 is 4.90 Å². The summed E-state index contributed by atoms with van der Waals surface area (Å²) in [6.45, 7) is 0. The van der Waals surface area contributed by atoms with Crippen molar-refractivity contribution in [2.75, 3.05) is 4.90 Å². The molecule has 0 saturated heterocycles. The number of rotatable bonds is 7. The molecule has 12 rings (SSSR count). The Morgan fingerprint density at radius 1 is 0.328 bits per heavy atom. The van der Waals surface area contributed by atoms with E-state index in [0.717, 1.165) is 66.9 Å². The van der Waals surface area contributed by atoms with E-state index < -0.39 is 0 Å². The highest BCUT2D eigenvalue weighted by Crippen LogP contribution is 2.47. The van der Waals surface area contributed by atoms with Crippen LogP contribution in [0.1, 0.15) is 0 Å². The van der Waals surface area contributed by atoms with Crippen molar-refractivity contribution in [3.8, 4) is 39.1 Å². The molecule has 61 heavy (non-hydrogen) atoms. The van der Waals surface area contributed by atoms with Gasteiger partial charge in [-0.15, -0.1) is 0 Å². The highest BCUT2D eigenvalue weighted by Gasteiger charge is 2.23. The number of fused-ring (bicyclic) bond motifs is 7. The number of furan rings is 1. The zero-order valence-corrected chi connectivity index (χ0v) is 33.2. The fourth-order valence-corrected chi connectivity index (χ4v) is 9.50. The average molecular weight is 779 g/mol. The second kappa shape index (κ2) is 14.3. The molecule has 0 aliphatic heterocycles. The van der Waals surface area contributed by atoms with Gasteiger partial charge in [-0.2, -0.15) is 0 Å². The molecular weight excluding hydrogens is 741 g/mol. The van der Waals surface area contributed by atoms with Gasteiger partial charge < -0.3 is 13.9 Å². The normalized spacial score (nSPS) is 11.6. The third kappa shape index (κ3) is 5.66. The lowest BCUT2D eigenvalue weighted by Crippen LogP contribution is -2.12. The van der Waals surface area contributed by atoms with Crippen LogP contribution in [0.4, 0.5) is 17.1 Å². The maximum atomic E-state index is 6.48. The highest BCUT2D eigenvalue weighted by molar-refractivity contribution is 6.11. The minimum Gasteiger partial charge on any atom is -0.455 e. The number of aromatic nitrogens is 1. The number of benzene rings is 10. The Kier molecular flexibility index (Phi) is 8.17. The molecule has 12 aromatic rings. The zero-order valence-electron chi connectivity index (χ0n) is 33.2. The van der Waals surface area contributed by atoms with Gasteiger partial charge in [-0.05, 0) is 70.6 Å². The van der Waals surface area contributed by atoms with E-state index in [1.807, 2.05) is 12.1 Å². The zero-order chi connectivity index (χ0) is 40.3. The Morgan fingerprint density at radius 3 is 1.61 bits per heavy atom. The fourth-order valence-electron chi connectivity index (χ4n) is 9.50. The summed E-state index contributed by atoms with van der Waals surface area (Å²) >= 11 is 0. The van der Waals surface area contributed by atoms with E-state index in [9.17, 15) is 0 Å². The first kappa shape index (κ1) is 34.9. The highest BCUT2D eigenvalue weighted by atomic mass is 16.3. The molecule has 0 spiro atoms. The fraction of sp³-hybridized carbons (Fsp3) is 0. The molecule has 0 radical (unpaired) electrons. The van der Waals surface area contributed by atoms with Gasteiger partial charge in [-0.25, -0.2) is 0 Å². The summed E-state index contributed by atoms with van der Waals surface area (Å²) in [5, 5.41) is 7.13. The van der Waals surface area contributed by atoms with Crippen molar-refractivity contribution in [1.82, 2.24) is 4.57 Å². The van der Waals surface area contributed by atoms with Crippen molar-refractivity contribution in [3.63, 3.8) is 0 Å². The first-order valence-electron chi connectivity index (χ1n) is 20.9. The summed E-state index contributed by atoms with van der Waals surface area (Å²) in [5.74, 6) is 0. The van der Waals surface area contributed by atoms with E-state index >= 15 is 0 Å². The van der Waals surface area contributed by atoms with Crippen LogP contribution >= 0.6 is 0 Å². The molecule has 286 valence electrons. The van der Waals surface area contributed by atoms with Crippen LogP contribution in [-0.2, 0) is 0 Å². The van der Waals surface area contributed by atoms with Gasteiger partial charge in [0, 0.05) is 49.3 Å². The summed E-state index contributed by atoms with van der Waals surface area (Å²) in [4.78, 5) is 2.43. The molecule has 2 aromatic heterocycles. The lowest BCUT2D eigenvalue weighted by atomic mass is 9.91. The van der Waals surface area contributed by atoms with Crippen LogP contribution in [0.5, 0.6) is 0 Å². The summed E-state index contributed by atoms with van der Waals surface area (Å²) in [6, 6.07) is 83.0. The monoisotopic (exact) mass is 778 g/mol. The molecule has 0 atom stereocenters. The second-order valence-electron chi connectivity index (χ2n) is 15.6. The smallest absolute Gasteiger partial charge is 0.143 e. The minimum atomic E-state index is 0.901. The van der Waals surface area contributed by atoms with Crippen LogP contribution in [0.2, 0.25) is 0 Å². The topological polar surface area (TPSA) is 21.3 Å². The van der Waals surface area contributed by atoms with Gasteiger partial charge in [0.2, 0.25) is 0 Å². The average Bonchev–Trinajstić information content (AvgIpc) is 3.88. The molecule has 10 aromatic carbocycles. The molecular formula is C58H38N2O. The predicted octanol–water partition coefficient (Wildman–Crippen LogP) is 16.3. The van der Waals surface area contributed by atoms with Gasteiger partial charge in [0.15, 0.2) is 0 Å². The summed E-state index contributed by atoms with van der Waals surface area (Å²) in [7, 11) is 0. The van der Waals surface area contributed by atoms with E-state index in [4.69, 9.17) is 4.42 Å². The third-order valence-electron chi connectivity index (χ3n) is 12.2. The number of nitrogens with zero attached hydrogens (tertiary/aromatic N) is 2. The SMILES string of the molecule is c1ccc(-c2ccccc2-n2c3ccccc3c3ccccc32)c(-c2ccccc2N(c2ccc(-c3cccc4c3oc3ccccc34)cc2)c2cccc3ccccc23)c1. The summed E-state index contributed by atoms with van der Waals surface area (Å²) in [6.07, 6.45) is 0. The summed E-state index contributed by atoms with van der Waals surface area (Å²) < 4.78 is 8.91. The lowest BCUT2D eigenvalue weighted by Gasteiger charge is -2.29. The van der Waals surface area contributed by atoms with Crippen molar-refractivity contribution in [1.29, 1.82) is 0 Å². The Bertz CT molecular complexity index is 3550. The number of anilines is 3. The van der Waals surface area contributed by atoms with Crippen molar-refractivity contribution in [2.45, 2.75) is 0 Å². The van der Waals surface area contributed by atoms with Crippen LogP contribution in [0, 0.1) is 0 Å². The van der Waals surface area contributed by atoms with Crippen LogP contribution in [-0.4, -0.2) is 4.57 Å². The van der Waals surface area contributed by atoms with Crippen LogP contribution in [0.15, 0.2) is 235 Å². The van der Waals surface area contributed by atoms with Crippen molar-refractivity contribution >= 4 is 71.6 Å². The number of para-hydroxylation sites is 6. The van der Waals surface area contributed by atoms with Gasteiger partial charge in [0.25, 0.3) is 0 Å². The van der Waals surface area contributed by atoms with Gasteiger partial charge >= 0.3 is 0 Å². The standard InChI is InChI=1S/C58H38N2O/c1-2-19-42-39(17-1)18-15-33-52(42)59(41-37-35-40(36-38-41)43-27-16-28-51-50-26-9-14-34-57(50)61-58(43)51)53-29-10-5-22-46(53)44-20-3-4-21-45(44)47-23-6-11-30-54(47)60-55-31-12-7-24-48(55)49-25-8-13-32-56(49)60/h1-38H. The Morgan fingerprint density at radius 2 is 0.836 bits per heavy atom. The van der Waals surface area contributed by atoms with E-state index in [-0.39, 0.29) is 0 Å². The predicted molar refractivity (Wildman–Crippen MR) is 257 cm³/mol. The molecule has 3 heteroatoms. The molecule has 0 saturated carbocycles. The maximum Gasteiger partial charge on any atom is 0.143 e. The maximum absolute atomic E-state index is 6.48. The number of hydrogen-bond donors (Lipinski definition) is 0. The van der Waals surface area contributed by atoms with Gasteiger partial charge in [0.1, 0.15) is 11.2 Å². The molecule has 0 bridgehead atoms. The van der Waals surface area contributed by atoms with Gasteiger partial charge in [0.05, 0.1) is 28.1 Å². The Labute approximate surface area is 353 Å². The molecule has 0 unspecified atom stereocenters. The van der Waals surface area contributed by atoms with Gasteiger partial charge in [-0.1, -0.05) is 182 Å².